The van der Waals surface area contributed by atoms with Gasteiger partial charge in [0.2, 0.25) is 0 Å². The number of aryl methyl sites for hydroxylation is 1. The molecule has 1 N–H and O–H groups in total. The Bertz CT molecular complexity index is 568. The van der Waals surface area contributed by atoms with Gasteiger partial charge in [0.25, 0.3) is 0 Å². The van der Waals surface area contributed by atoms with Crippen LogP contribution in [0.15, 0.2) is 16.9 Å². The molecule has 0 spiro atoms. The van der Waals surface area contributed by atoms with Gasteiger partial charge in [0.05, 0.1) is 23.8 Å². The van der Waals surface area contributed by atoms with Gasteiger partial charge in [-0.1, -0.05) is 0 Å². The average molecular weight is 341 g/mol. The summed E-state index contributed by atoms with van der Waals surface area (Å²) in [6.07, 6.45) is 3.74. The monoisotopic (exact) mass is 340 g/mol. The van der Waals surface area contributed by atoms with Crippen molar-refractivity contribution >= 4 is 15.9 Å². The number of rotatable bonds is 4. The summed E-state index contributed by atoms with van der Waals surface area (Å²) in [5, 5.41) is 11.3. The largest absolute Gasteiger partial charge is 0.367 e. The summed E-state index contributed by atoms with van der Waals surface area (Å²) in [5.41, 5.74) is 0. The molecule has 3 rings (SSSR count). The SMILES string of the molecule is Cc1nc([C@@H]2CN(CCn3cc(Br)cn3)CCO2)n[nH]1. The molecule has 108 valence electrons. The van der Waals surface area contributed by atoms with Crippen LogP contribution in [0, 0.1) is 6.92 Å². The Kier molecular flexibility index (Phi) is 4.13. The lowest BCUT2D eigenvalue weighted by atomic mass is 10.2. The maximum Gasteiger partial charge on any atom is 0.180 e. The Hall–Kier alpha value is -1.25. The second kappa shape index (κ2) is 6.02. The molecule has 1 atom stereocenters. The van der Waals surface area contributed by atoms with Crippen molar-refractivity contribution in [1.82, 2.24) is 29.9 Å². The molecule has 0 saturated carbocycles. The number of nitrogens with zero attached hydrogens (tertiary/aromatic N) is 5. The molecule has 2 aromatic rings. The summed E-state index contributed by atoms with van der Waals surface area (Å²) in [6.45, 7) is 6.17. The summed E-state index contributed by atoms with van der Waals surface area (Å²) in [4.78, 5) is 6.70. The highest BCUT2D eigenvalue weighted by molar-refractivity contribution is 9.10. The molecule has 8 heteroatoms. The molecule has 0 bridgehead atoms. The second-order valence-electron chi connectivity index (χ2n) is 4.86. The van der Waals surface area contributed by atoms with Crippen LogP contribution in [-0.4, -0.2) is 56.1 Å². The van der Waals surface area contributed by atoms with Gasteiger partial charge in [-0.15, -0.1) is 0 Å². The maximum atomic E-state index is 5.75. The van der Waals surface area contributed by atoms with Gasteiger partial charge >= 0.3 is 0 Å². The van der Waals surface area contributed by atoms with E-state index < -0.39 is 0 Å². The van der Waals surface area contributed by atoms with Crippen LogP contribution in [0.5, 0.6) is 0 Å². The van der Waals surface area contributed by atoms with Gasteiger partial charge < -0.3 is 4.74 Å². The van der Waals surface area contributed by atoms with E-state index in [0.717, 1.165) is 42.3 Å². The Labute approximate surface area is 125 Å². The highest BCUT2D eigenvalue weighted by Gasteiger charge is 2.24. The van der Waals surface area contributed by atoms with E-state index in [0.29, 0.717) is 6.61 Å². The third kappa shape index (κ3) is 3.25. The first kappa shape index (κ1) is 13.7. The zero-order chi connectivity index (χ0) is 13.9. The first-order valence-corrected chi connectivity index (χ1v) is 7.41. The minimum Gasteiger partial charge on any atom is -0.367 e. The van der Waals surface area contributed by atoms with E-state index >= 15 is 0 Å². The minimum atomic E-state index is -0.0435. The Morgan fingerprint density at radius 3 is 3.10 bits per heavy atom. The zero-order valence-corrected chi connectivity index (χ0v) is 12.9. The lowest BCUT2D eigenvalue weighted by Gasteiger charge is -2.31. The van der Waals surface area contributed by atoms with E-state index in [2.05, 4.69) is 41.1 Å². The molecule has 3 heterocycles. The van der Waals surface area contributed by atoms with Crippen molar-refractivity contribution in [2.24, 2.45) is 0 Å². The van der Waals surface area contributed by atoms with E-state index in [1.807, 2.05) is 17.8 Å². The number of ether oxygens (including phenoxy) is 1. The van der Waals surface area contributed by atoms with Crippen LogP contribution in [-0.2, 0) is 11.3 Å². The molecule has 2 aromatic heterocycles. The fourth-order valence-corrected chi connectivity index (χ4v) is 2.60. The van der Waals surface area contributed by atoms with Crippen LogP contribution in [0.25, 0.3) is 0 Å². The number of aromatic nitrogens is 5. The van der Waals surface area contributed by atoms with Gasteiger partial charge in [0, 0.05) is 25.8 Å². The fraction of sp³-hybridized carbons (Fsp3) is 0.583. The molecule has 7 nitrogen and oxygen atoms in total. The Morgan fingerprint density at radius 1 is 1.50 bits per heavy atom. The van der Waals surface area contributed by atoms with Crippen LogP contribution in [0.1, 0.15) is 17.8 Å². The molecule has 0 radical (unpaired) electrons. The van der Waals surface area contributed by atoms with Crippen molar-refractivity contribution in [3.8, 4) is 0 Å². The highest BCUT2D eigenvalue weighted by atomic mass is 79.9. The summed E-state index contributed by atoms with van der Waals surface area (Å²) in [7, 11) is 0. The number of morpholine rings is 1. The molecule has 20 heavy (non-hydrogen) atoms. The zero-order valence-electron chi connectivity index (χ0n) is 11.3. The second-order valence-corrected chi connectivity index (χ2v) is 5.78. The Morgan fingerprint density at radius 2 is 2.40 bits per heavy atom. The minimum absolute atomic E-state index is 0.0435. The number of aromatic amines is 1. The van der Waals surface area contributed by atoms with Gasteiger partial charge in [0.1, 0.15) is 11.9 Å². The van der Waals surface area contributed by atoms with Crippen molar-refractivity contribution in [1.29, 1.82) is 0 Å². The van der Waals surface area contributed by atoms with E-state index in [1.54, 1.807) is 6.20 Å². The van der Waals surface area contributed by atoms with Gasteiger partial charge in [-0.2, -0.15) is 10.2 Å². The number of nitrogens with one attached hydrogen (secondary N) is 1. The van der Waals surface area contributed by atoms with E-state index in [1.165, 1.54) is 0 Å². The van der Waals surface area contributed by atoms with Crippen LogP contribution >= 0.6 is 15.9 Å². The third-order valence-electron chi connectivity index (χ3n) is 3.30. The average Bonchev–Trinajstić information content (AvgIpc) is 3.06. The molecular weight excluding hydrogens is 324 g/mol. The van der Waals surface area contributed by atoms with Gasteiger partial charge in [-0.25, -0.2) is 4.98 Å². The topological polar surface area (TPSA) is 71.9 Å². The molecule has 1 fully saturated rings. The normalized spacial score (nSPS) is 20.4. The lowest BCUT2D eigenvalue weighted by Crippen LogP contribution is -2.40. The summed E-state index contributed by atoms with van der Waals surface area (Å²) >= 11 is 3.40. The molecule has 1 aliphatic heterocycles. The van der Waals surface area contributed by atoms with Crippen molar-refractivity contribution in [3.63, 3.8) is 0 Å². The fourth-order valence-electron chi connectivity index (χ4n) is 2.27. The third-order valence-corrected chi connectivity index (χ3v) is 3.71. The molecule has 0 amide bonds. The van der Waals surface area contributed by atoms with Gasteiger partial charge in [-0.3, -0.25) is 14.7 Å². The van der Waals surface area contributed by atoms with Crippen LogP contribution in [0.4, 0.5) is 0 Å². The van der Waals surface area contributed by atoms with E-state index in [4.69, 9.17) is 4.74 Å². The van der Waals surface area contributed by atoms with Crippen LogP contribution < -0.4 is 0 Å². The molecule has 0 unspecified atom stereocenters. The van der Waals surface area contributed by atoms with E-state index in [-0.39, 0.29) is 6.10 Å². The first-order chi connectivity index (χ1) is 9.70. The summed E-state index contributed by atoms with van der Waals surface area (Å²) < 4.78 is 8.69. The van der Waals surface area contributed by atoms with Crippen molar-refractivity contribution in [2.75, 3.05) is 26.2 Å². The molecule has 0 aromatic carbocycles. The van der Waals surface area contributed by atoms with Crippen molar-refractivity contribution < 1.29 is 4.74 Å². The van der Waals surface area contributed by atoms with Crippen LogP contribution in [0.3, 0.4) is 0 Å². The summed E-state index contributed by atoms with van der Waals surface area (Å²) in [6, 6.07) is 0. The lowest BCUT2D eigenvalue weighted by molar-refractivity contribution is -0.0352. The number of H-pyrrole nitrogens is 1. The quantitative estimate of drug-likeness (QED) is 0.903. The maximum absolute atomic E-state index is 5.75. The predicted octanol–water partition coefficient (Wildman–Crippen LogP) is 1.15. The molecule has 1 aliphatic rings. The molecular formula is C12H17BrN6O. The summed E-state index contributed by atoms with van der Waals surface area (Å²) in [5.74, 6) is 1.57. The predicted molar refractivity (Wildman–Crippen MR) is 76.2 cm³/mol. The first-order valence-electron chi connectivity index (χ1n) is 6.61. The van der Waals surface area contributed by atoms with Crippen LogP contribution in [0.2, 0.25) is 0 Å². The van der Waals surface area contributed by atoms with E-state index in [9.17, 15) is 0 Å². The molecule has 0 aliphatic carbocycles. The number of hydrogen-bond acceptors (Lipinski definition) is 5. The highest BCUT2D eigenvalue weighted by Crippen LogP contribution is 2.18. The number of hydrogen-bond donors (Lipinski definition) is 1. The standard InChI is InChI=1S/C12H17BrN6O/c1-9-15-12(17-16-9)11-8-18(4-5-20-11)2-3-19-7-10(13)6-14-19/h6-7,11H,2-5,8H2,1H3,(H,15,16,17)/t11-/m0/s1. The number of halogens is 1. The van der Waals surface area contributed by atoms with Gasteiger partial charge in [0.15, 0.2) is 5.82 Å². The van der Waals surface area contributed by atoms with Crippen molar-refractivity contribution in [3.05, 3.63) is 28.5 Å². The van der Waals surface area contributed by atoms with Crippen molar-refractivity contribution in [2.45, 2.75) is 19.6 Å². The van der Waals surface area contributed by atoms with Gasteiger partial charge in [-0.05, 0) is 22.9 Å². The smallest absolute Gasteiger partial charge is 0.180 e. The Balaban J connectivity index is 1.55. The molecule has 1 saturated heterocycles.